The molecule has 8 heteroatoms. The predicted octanol–water partition coefficient (Wildman–Crippen LogP) is 4.80. The first-order valence-electron chi connectivity index (χ1n) is 10.9. The number of aromatic nitrogens is 3. The number of hydrogen-bond donors (Lipinski definition) is 2. The number of para-hydroxylation sites is 2. The van der Waals surface area contributed by atoms with Crippen LogP contribution in [0.1, 0.15) is 34.7 Å². The highest BCUT2D eigenvalue weighted by atomic mass is 32.2. The van der Waals surface area contributed by atoms with Gasteiger partial charge in [-0.2, -0.15) is 0 Å². The molecule has 172 valence electrons. The molecule has 0 spiro atoms. The molecule has 4 rings (SSSR count). The Morgan fingerprint density at radius 2 is 1.56 bits per heavy atom. The number of hydrogen-bond acceptors (Lipinski definition) is 5. The fraction of sp³-hybridized carbons (Fsp3) is 0.154. The average molecular weight is 472 g/mol. The summed E-state index contributed by atoms with van der Waals surface area (Å²) in [7, 11) is 0. The van der Waals surface area contributed by atoms with Gasteiger partial charge in [0.1, 0.15) is 5.82 Å². The van der Waals surface area contributed by atoms with Gasteiger partial charge in [-0.05, 0) is 43.7 Å². The minimum Gasteiger partial charge on any atom is -0.345 e. The van der Waals surface area contributed by atoms with Crippen molar-refractivity contribution >= 4 is 29.3 Å². The maximum atomic E-state index is 12.9. The zero-order chi connectivity index (χ0) is 23.9. The van der Waals surface area contributed by atoms with Gasteiger partial charge < -0.3 is 10.6 Å². The molecule has 2 N–H and O–H groups in total. The second kappa shape index (κ2) is 10.8. The molecular weight excluding hydrogens is 446 g/mol. The number of carbonyl (C=O) groups is 2. The van der Waals surface area contributed by atoms with E-state index in [4.69, 9.17) is 0 Å². The van der Waals surface area contributed by atoms with E-state index in [1.54, 1.807) is 24.3 Å². The summed E-state index contributed by atoms with van der Waals surface area (Å²) < 4.78 is 1.91. The van der Waals surface area contributed by atoms with Gasteiger partial charge in [0.15, 0.2) is 5.16 Å². The molecule has 0 aliphatic heterocycles. The molecule has 0 aliphatic carbocycles. The van der Waals surface area contributed by atoms with E-state index in [9.17, 15) is 9.59 Å². The summed E-state index contributed by atoms with van der Waals surface area (Å²) in [6, 6.07) is 26.3. The van der Waals surface area contributed by atoms with Gasteiger partial charge in [0.05, 0.1) is 23.0 Å². The van der Waals surface area contributed by atoms with Crippen LogP contribution in [0.4, 0.5) is 5.69 Å². The molecule has 0 unspecified atom stereocenters. The maximum Gasteiger partial charge on any atom is 0.253 e. The van der Waals surface area contributed by atoms with E-state index in [-0.39, 0.29) is 23.6 Å². The number of rotatable bonds is 8. The molecule has 0 saturated heterocycles. The highest BCUT2D eigenvalue weighted by molar-refractivity contribution is 7.99. The Bertz CT molecular complexity index is 1270. The van der Waals surface area contributed by atoms with E-state index in [2.05, 4.69) is 20.8 Å². The molecule has 1 aromatic heterocycles. The quantitative estimate of drug-likeness (QED) is 0.361. The lowest BCUT2D eigenvalue weighted by Gasteiger charge is -2.16. The molecule has 3 aromatic carbocycles. The third-order valence-corrected chi connectivity index (χ3v) is 6.16. The van der Waals surface area contributed by atoms with Crippen LogP contribution in [0.25, 0.3) is 5.69 Å². The number of benzene rings is 3. The first-order valence-corrected chi connectivity index (χ1v) is 11.9. The van der Waals surface area contributed by atoms with Crippen molar-refractivity contribution in [3.63, 3.8) is 0 Å². The molecule has 7 nitrogen and oxygen atoms in total. The number of anilines is 1. The lowest BCUT2D eigenvalue weighted by molar-refractivity contribution is -0.113. The van der Waals surface area contributed by atoms with Crippen LogP contribution in [-0.2, 0) is 4.79 Å². The predicted molar refractivity (Wildman–Crippen MR) is 134 cm³/mol. The van der Waals surface area contributed by atoms with Crippen molar-refractivity contribution in [1.82, 2.24) is 20.1 Å². The molecule has 0 bridgehead atoms. The number of aryl methyl sites for hydroxylation is 1. The van der Waals surface area contributed by atoms with Crippen molar-refractivity contribution in [3.05, 3.63) is 102 Å². The van der Waals surface area contributed by atoms with Gasteiger partial charge in [0, 0.05) is 5.69 Å². The standard InChI is InChI=1S/C26H25N5O2S/c1-18(20-11-5-3-6-12-20)27-25(33)22-15-9-10-16-23(22)28-24(32)17-34-26-30-29-19(2)31(26)21-13-7-4-8-14-21/h3-16,18H,17H2,1-2H3,(H,27,33)(H,28,32)/t18-/m0/s1. The van der Waals surface area contributed by atoms with Crippen molar-refractivity contribution in [2.75, 3.05) is 11.1 Å². The zero-order valence-electron chi connectivity index (χ0n) is 18.9. The number of thioether (sulfide) groups is 1. The average Bonchev–Trinajstić information content (AvgIpc) is 3.24. The summed E-state index contributed by atoms with van der Waals surface area (Å²) in [5.41, 5.74) is 2.81. The third-order valence-electron chi connectivity index (χ3n) is 5.23. The lowest BCUT2D eigenvalue weighted by atomic mass is 10.1. The van der Waals surface area contributed by atoms with Crippen LogP contribution >= 0.6 is 11.8 Å². The highest BCUT2D eigenvalue weighted by Gasteiger charge is 2.17. The Hall–Kier alpha value is -3.91. The van der Waals surface area contributed by atoms with Crippen molar-refractivity contribution in [1.29, 1.82) is 0 Å². The summed E-state index contributed by atoms with van der Waals surface area (Å²) in [5, 5.41) is 14.8. The van der Waals surface area contributed by atoms with Crippen molar-refractivity contribution in [3.8, 4) is 5.69 Å². The van der Waals surface area contributed by atoms with E-state index < -0.39 is 0 Å². The van der Waals surface area contributed by atoms with Gasteiger partial charge in [-0.25, -0.2) is 0 Å². The van der Waals surface area contributed by atoms with Crippen LogP contribution in [0.5, 0.6) is 0 Å². The fourth-order valence-electron chi connectivity index (χ4n) is 3.52. The summed E-state index contributed by atoms with van der Waals surface area (Å²) >= 11 is 1.29. The smallest absolute Gasteiger partial charge is 0.253 e. The van der Waals surface area contributed by atoms with Crippen LogP contribution < -0.4 is 10.6 Å². The van der Waals surface area contributed by atoms with E-state index in [0.717, 1.165) is 17.1 Å². The maximum absolute atomic E-state index is 12.9. The first-order chi connectivity index (χ1) is 16.5. The summed E-state index contributed by atoms with van der Waals surface area (Å²) in [6.07, 6.45) is 0. The minimum absolute atomic E-state index is 0.126. The Morgan fingerprint density at radius 3 is 2.29 bits per heavy atom. The summed E-state index contributed by atoms with van der Waals surface area (Å²) in [4.78, 5) is 25.7. The highest BCUT2D eigenvalue weighted by Crippen LogP contribution is 2.23. The van der Waals surface area contributed by atoms with Gasteiger partial charge in [-0.1, -0.05) is 72.4 Å². The van der Waals surface area contributed by atoms with Crippen molar-refractivity contribution in [2.45, 2.75) is 25.0 Å². The normalized spacial score (nSPS) is 11.6. The Morgan fingerprint density at radius 1 is 0.912 bits per heavy atom. The molecule has 1 atom stereocenters. The molecule has 2 amide bonds. The van der Waals surface area contributed by atoms with Crippen molar-refractivity contribution in [2.24, 2.45) is 0 Å². The minimum atomic E-state index is -0.251. The Kier molecular flexibility index (Phi) is 7.39. The summed E-state index contributed by atoms with van der Waals surface area (Å²) in [6.45, 7) is 3.80. The fourth-order valence-corrected chi connectivity index (χ4v) is 4.31. The van der Waals surface area contributed by atoms with Gasteiger partial charge in [-0.3, -0.25) is 14.2 Å². The molecule has 0 fully saturated rings. The van der Waals surface area contributed by atoms with Crippen molar-refractivity contribution < 1.29 is 9.59 Å². The number of carbonyl (C=O) groups excluding carboxylic acids is 2. The zero-order valence-corrected chi connectivity index (χ0v) is 19.8. The molecular formula is C26H25N5O2S. The SMILES string of the molecule is Cc1nnc(SCC(=O)Nc2ccccc2C(=O)N[C@@H](C)c2ccccc2)n1-c1ccccc1. The van der Waals surface area contributed by atoms with Crippen LogP contribution in [0.15, 0.2) is 90.1 Å². The van der Waals surface area contributed by atoms with E-state index in [1.807, 2.05) is 79.1 Å². The van der Waals surface area contributed by atoms with Crippen LogP contribution in [-0.4, -0.2) is 32.3 Å². The number of amides is 2. The molecule has 0 radical (unpaired) electrons. The number of nitrogens with one attached hydrogen (secondary N) is 2. The largest absolute Gasteiger partial charge is 0.345 e. The van der Waals surface area contributed by atoms with Crippen LogP contribution in [0.2, 0.25) is 0 Å². The molecule has 34 heavy (non-hydrogen) atoms. The Labute approximate surface area is 202 Å². The van der Waals surface area contributed by atoms with E-state index in [1.165, 1.54) is 11.8 Å². The van der Waals surface area contributed by atoms with Crippen LogP contribution in [0.3, 0.4) is 0 Å². The molecule has 4 aromatic rings. The first kappa shape index (κ1) is 23.3. The van der Waals surface area contributed by atoms with E-state index >= 15 is 0 Å². The Balaban J connectivity index is 1.42. The molecule has 0 saturated carbocycles. The number of nitrogens with zero attached hydrogens (tertiary/aromatic N) is 3. The second-order valence-electron chi connectivity index (χ2n) is 7.69. The molecule has 1 heterocycles. The molecule has 0 aliphatic rings. The second-order valence-corrected chi connectivity index (χ2v) is 8.63. The third kappa shape index (κ3) is 5.52. The lowest BCUT2D eigenvalue weighted by Crippen LogP contribution is -2.28. The topological polar surface area (TPSA) is 88.9 Å². The monoisotopic (exact) mass is 471 g/mol. The van der Waals surface area contributed by atoms with Gasteiger partial charge >= 0.3 is 0 Å². The van der Waals surface area contributed by atoms with Crippen LogP contribution in [0, 0.1) is 6.92 Å². The van der Waals surface area contributed by atoms with E-state index in [0.29, 0.717) is 16.4 Å². The van der Waals surface area contributed by atoms with Gasteiger partial charge in [-0.15, -0.1) is 10.2 Å². The van der Waals surface area contributed by atoms with Gasteiger partial charge in [0.2, 0.25) is 5.91 Å². The summed E-state index contributed by atoms with van der Waals surface area (Å²) in [5.74, 6) is 0.381. The van der Waals surface area contributed by atoms with Gasteiger partial charge in [0.25, 0.3) is 5.91 Å².